The van der Waals surface area contributed by atoms with Gasteiger partial charge in [-0.15, -0.1) is 0 Å². The zero-order valence-corrected chi connectivity index (χ0v) is 14.0. The second kappa shape index (κ2) is 7.38. The number of nitrogens with one attached hydrogen (secondary N) is 1. The van der Waals surface area contributed by atoms with Gasteiger partial charge in [0.05, 0.1) is 18.8 Å². The molecule has 6 heteroatoms. The van der Waals surface area contributed by atoms with E-state index in [4.69, 9.17) is 4.74 Å². The quantitative estimate of drug-likeness (QED) is 0.856. The number of morpholine rings is 1. The van der Waals surface area contributed by atoms with Gasteiger partial charge in [0.25, 0.3) is 5.91 Å². The minimum Gasteiger partial charge on any atom is -0.387 e. The Morgan fingerprint density at radius 1 is 1.35 bits per heavy atom. The number of β-amino-alcohol motifs (C(OH)–C–C–N with tert-alkyl or cyclic N) is 1. The summed E-state index contributed by atoms with van der Waals surface area (Å²) in [6, 6.07) is 3.04. The van der Waals surface area contributed by atoms with Crippen LogP contribution in [-0.2, 0) is 4.74 Å². The molecular weight excluding hydrogens is 299 g/mol. The molecule has 0 saturated carbocycles. The Kier molecular flexibility index (Phi) is 5.73. The number of aryl methyl sites for hydroxylation is 2. The molecule has 1 unspecified atom stereocenters. The first-order valence-electron chi connectivity index (χ1n) is 7.86. The van der Waals surface area contributed by atoms with E-state index in [0.717, 1.165) is 13.1 Å². The Hall–Kier alpha value is -1.50. The third-order valence-electron chi connectivity index (χ3n) is 4.00. The van der Waals surface area contributed by atoms with Crippen molar-refractivity contribution < 1.29 is 19.0 Å². The molecule has 0 radical (unpaired) electrons. The second-order valence-electron chi connectivity index (χ2n) is 6.49. The van der Waals surface area contributed by atoms with E-state index >= 15 is 0 Å². The summed E-state index contributed by atoms with van der Waals surface area (Å²) in [6.45, 7) is 8.45. The van der Waals surface area contributed by atoms with Gasteiger partial charge in [-0.05, 0) is 44.0 Å². The van der Waals surface area contributed by atoms with Crippen LogP contribution in [0, 0.1) is 19.7 Å². The Balaban J connectivity index is 1.92. The first kappa shape index (κ1) is 17.8. The number of ether oxygens (including phenoxy) is 1. The van der Waals surface area contributed by atoms with Crippen molar-refractivity contribution in [2.24, 2.45) is 0 Å². The smallest absolute Gasteiger partial charge is 0.251 e. The molecule has 2 rings (SSSR count). The minimum atomic E-state index is -1.03. The molecular formula is C17H25FN2O3. The van der Waals surface area contributed by atoms with Crippen LogP contribution in [0.3, 0.4) is 0 Å². The van der Waals surface area contributed by atoms with Crippen molar-refractivity contribution in [1.82, 2.24) is 10.2 Å². The molecule has 1 atom stereocenters. The number of benzene rings is 1. The summed E-state index contributed by atoms with van der Waals surface area (Å²) in [4.78, 5) is 14.3. The summed E-state index contributed by atoms with van der Waals surface area (Å²) in [7, 11) is 0. The standard InChI is InChI=1S/C17H25FN2O3/c1-12-8-14(9-13(2)15(12)18)16(21)19-10-17(3,22)11-20-4-6-23-7-5-20/h8-9,22H,4-7,10-11H2,1-3H3,(H,19,21). The van der Waals surface area contributed by atoms with Gasteiger partial charge < -0.3 is 15.2 Å². The van der Waals surface area contributed by atoms with E-state index in [2.05, 4.69) is 10.2 Å². The van der Waals surface area contributed by atoms with Crippen molar-refractivity contribution in [3.05, 3.63) is 34.6 Å². The molecule has 0 bridgehead atoms. The zero-order valence-electron chi connectivity index (χ0n) is 14.0. The number of carbonyl (C=O) groups is 1. The van der Waals surface area contributed by atoms with E-state index in [9.17, 15) is 14.3 Å². The molecule has 0 aromatic heterocycles. The van der Waals surface area contributed by atoms with Gasteiger partial charge in [0, 0.05) is 31.7 Å². The van der Waals surface area contributed by atoms with Crippen molar-refractivity contribution >= 4 is 5.91 Å². The van der Waals surface area contributed by atoms with E-state index in [1.165, 1.54) is 12.1 Å². The number of hydrogen-bond acceptors (Lipinski definition) is 4. The van der Waals surface area contributed by atoms with E-state index < -0.39 is 5.60 Å². The van der Waals surface area contributed by atoms with Gasteiger partial charge in [0.15, 0.2) is 0 Å². The van der Waals surface area contributed by atoms with Gasteiger partial charge in [-0.1, -0.05) is 0 Å². The number of rotatable bonds is 5. The number of halogens is 1. The lowest BCUT2D eigenvalue weighted by molar-refractivity contribution is -0.0213. The maximum absolute atomic E-state index is 13.6. The molecule has 23 heavy (non-hydrogen) atoms. The van der Waals surface area contributed by atoms with E-state index in [0.29, 0.717) is 36.4 Å². The topological polar surface area (TPSA) is 61.8 Å². The molecule has 2 N–H and O–H groups in total. The highest BCUT2D eigenvalue weighted by molar-refractivity contribution is 5.94. The lowest BCUT2D eigenvalue weighted by atomic mass is 10.0. The maximum Gasteiger partial charge on any atom is 0.251 e. The fourth-order valence-corrected chi connectivity index (χ4v) is 2.75. The number of carbonyl (C=O) groups excluding carboxylic acids is 1. The van der Waals surface area contributed by atoms with Crippen LogP contribution in [0.1, 0.15) is 28.4 Å². The first-order valence-corrected chi connectivity index (χ1v) is 7.86. The normalized spacial score (nSPS) is 18.5. The summed E-state index contributed by atoms with van der Waals surface area (Å²) >= 11 is 0. The SMILES string of the molecule is Cc1cc(C(=O)NCC(C)(O)CN2CCOCC2)cc(C)c1F. The second-order valence-corrected chi connectivity index (χ2v) is 6.49. The predicted molar refractivity (Wildman–Crippen MR) is 86.1 cm³/mol. The summed E-state index contributed by atoms with van der Waals surface area (Å²) in [5.41, 5.74) is 0.256. The number of hydrogen-bond donors (Lipinski definition) is 2. The van der Waals surface area contributed by atoms with Gasteiger partial charge in [-0.2, -0.15) is 0 Å². The van der Waals surface area contributed by atoms with Crippen LogP contribution < -0.4 is 5.32 Å². The summed E-state index contributed by atoms with van der Waals surface area (Å²) in [5.74, 6) is -0.598. The molecule has 1 heterocycles. The van der Waals surface area contributed by atoms with Crippen molar-refractivity contribution in [3.63, 3.8) is 0 Å². The zero-order chi connectivity index (χ0) is 17.0. The van der Waals surface area contributed by atoms with Crippen LogP contribution in [0.5, 0.6) is 0 Å². The Labute approximate surface area is 136 Å². The van der Waals surface area contributed by atoms with Gasteiger partial charge in [0.1, 0.15) is 5.82 Å². The highest BCUT2D eigenvalue weighted by Crippen LogP contribution is 2.15. The number of nitrogens with zero attached hydrogens (tertiary/aromatic N) is 1. The molecule has 0 aliphatic carbocycles. The fourth-order valence-electron chi connectivity index (χ4n) is 2.75. The van der Waals surface area contributed by atoms with Crippen molar-refractivity contribution in [1.29, 1.82) is 0 Å². The third-order valence-corrected chi connectivity index (χ3v) is 4.00. The van der Waals surface area contributed by atoms with Gasteiger partial charge >= 0.3 is 0 Å². The minimum absolute atomic E-state index is 0.138. The molecule has 1 aliphatic rings. The first-order chi connectivity index (χ1) is 10.8. The molecule has 128 valence electrons. The van der Waals surface area contributed by atoms with Crippen LogP contribution >= 0.6 is 0 Å². The Morgan fingerprint density at radius 3 is 2.48 bits per heavy atom. The average molecular weight is 324 g/mol. The number of aliphatic hydroxyl groups is 1. The van der Waals surface area contributed by atoms with E-state index in [1.807, 2.05) is 0 Å². The molecule has 1 amide bonds. The highest BCUT2D eigenvalue weighted by atomic mass is 19.1. The van der Waals surface area contributed by atoms with Gasteiger partial charge in [-0.3, -0.25) is 9.69 Å². The van der Waals surface area contributed by atoms with Crippen LogP contribution in [0.4, 0.5) is 4.39 Å². The van der Waals surface area contributed by atoms with Crippen LogP contribution in [0.2, 0.25) is 0 Å². The van der Waals surface area contributed by atoms with Gasteiger partial charge in [-0.25, -0.2) is 4.39 Å². The van der Waals surface area contributed by atoms with Crippen LogP contribution in [-0.4, -0.2) is 60.9 Å². The molecule has 0 spiro atoms. The monoisotopic (exact) mass is 324 g/mol. The molecule has 5 nitrogen and oxygen atoms in total. The summed E-state index contributed by atoms with van der Waals surface area (Å²) in [5, 5.41) is 13.2. The van der Waals surface area contributed by atoms with E-state index in [-0.39, 0.29) is 18.3 Å². The largest absolute Gasteiger partial charge is 0.387 e. The lowest BCUT2D eigenvalue weighted by Gasteiger charge is -2.33. The molecule has 1 saturated heterocycles. The Bertz CT molecular complexity index is 546. The maximum atomic E-state index is 13.6. The highest BCUT2D eigenvalue weighted by Gasteiger charge is 2.26. The Morgan fingerprint density at radius 2 is 1.91 bits per heavy atom. The van der Waals surface area contributed by atoms with Crippen molar-refractivity contribution in [2.75, 3.05) is 39.4 Å². The summed E-state index contributed by atoms with van der Waals surface area (Å²) in [6.07, 6.45) is 0. The fraction of sp³-hybridized carbons (Fsp3) is 0.588. The average Bonchev–Trinajstić information content (AvgIpc) is 2.50. The van der Waals surface area contributed by atoms with Crippen molar-refractivity contribution in [3.8, 4) is 0 Å². The van der Waals surface area contributed by atoms with E-state index in [1.54, 1.807) is 20.8 Å². The van der Waals surface area contributed by atoms with Gasteiger partial charge in [0.2, 0.25) is 0 Å². The van der Waals surface area contributed by atoms with Crippen LogP contribution in [0.25, 0.3) is 0 Å². The summed E-state index contributed by atoms with van der Waals surface area (Å²) < 4.78 is 18.9. The predicted octanol–water partition coefficient (Wildman–Crippen LogP) is 1.26. The van der Waals surface area contributed by atoms with Crippen molar-refractivity contribution in [2.45, 2.75) is 26.4 Å². The molecule has 1 aromatic rings. The molecule has 1 fully saturated rings. The lowest BCUT2D eigenvalue weighted by Crippen LogP contribution is -2.51. The third kappa shape index (κ3) is 4.99. The molecule has 1 aromatic carbocycles. The number of amides is 1. The van der Waals surface area contributed by atoms with Crippen LogP contribution in [0.15, 0.2) is 12.1 Å². The molecule has 1 aliphatic heterocycles.